The van der Waals surface area contributed by atoms with Crippen molar-refractivity contribution in [2.24, 2.45) is 0 Å². The molecular formula is C13H17ClN4O. The van der Waals surface area contributed by atoms with Crippen LogP contribution in [-0.4, -0.2) is 34.5 Å². The van der Waals surface area contributed by atoms with E-state index in [0.717, 1.165) is 31.9 Å². The molecule has 5 nitrogen and oxygen atoms in total. The fraction of sp³-hybridized carbons (Fsp3) is 0.385. The summed E-state index contributed by atoms with van der Waals surface area (Å²) in [6.45, 7) is 3.78. The van der Waals surface area contributed by atoms with Crippen molar-refractivity contribution in [2.75, 3.05) is 19.6 Å². The lowest BCUT2D eigenvalue weighted by Crippen LogP contribution is -2.45. The lowest BCUT2D eigenvalue weighted by Gasteiger charge is -2.35. The normalized spacial score (nSPS) is 19.9. The number of halogens is 1. The molecule has 0 radical (unpaired) electrons. The zero-order valence-corrected chi connectivity index (χ0v) is 11.3. The minimum atomic E-state index is 0. The predicted molar refractivity (Wildman–Crippen MR) is 74.0 cm³/mol. The summed E-state index contributed by atoms with van der Waals surface area (Å²) in [6.07, 6.45) is 6.94. The Hall–Kier alpha value is -1.43. The van der Waals surface area contributed by atoms with E-state index in [-0.39, 0.29) is 12.4 Å². The van der Waals surface area contributed by atoms with Crippen LogP contribution in [-0.2, 0) is 6.54 Å². The monoisotopic (exact) mass is 280 g/mol. The Kier molecular flexibility index (Phi) is 4.90. The Morgan fingerprint density at radius 3 is 3.16 bits per heavy atom. The second-order valence-electron chi connectivity index (χ2n) is 4.46. The fourth-order valence-corrected chi connectivity index (χ4v) is 2.36. The van der Waals surface area contributed by atoms with Gasteiger partial charge in [-0.1, -0.05) is 6.07 Å². The van der Waals surface area contributed by atoms with E-state index in [1.165, 1.54) is 12.0 Å². The molecule has 102 valence electrons. The third kappa shape index (κ3) is 3.32. The number of aromatic nitrogens is 2. The molecule has 0 saturated carbocycles. The van der Waals surface area contributed by atoms with Crippen molar-refractivity contribution in [1.29, 1.82) is 0 Å². The molecule has 6 heteroatoms. The first-order valence-corrected chi connectivity index (χ1v) is 6.15. The molecule has 0 amide bonds. The summed E-state index contributed by atoms with van der Waals surface area (Å²) < 4.78 is 5.03. The number of hydrogen-bond donors (Lipinski definition) is 1. The summed E-state index contributed by atoms with van der Waals surface area (Å²) in [6, 6.07) is 4.46. The Morgan fingerprint density at radius 1 is 1.47 bits per heavy atom. The first-order valence-electron chi connectivity index (χ1n) is 6.15. The minimum absolute atomic E-state index is 0. The molecule has 1 aliphatic heterocycles. The van der Waals surface area contributed by atoms with Gasteiger partial charge in [0.15, 0.2) is 6.39 Å². The fourth-order valence-electron chi connectivity index (χ4n) is 2.36. The lowest BCUT2D eigenvalue weighted by atomic mass is 10.1. The van der Waals surface area contributed by atoms with E-state index >= 15 is 0 Å². The van der Waals surface area contributed by atoms with Gasteiger partial charge in [0.2, 0.25) is 0 Å². The first-order chi connectivity index (χ1) is 8.93. The van der Waals surface area contributed by atoms with E-state index in [1.54, 1.807) is 6.26 Å². The molecule has 2 aromatic rings. The second kappa shape index (κ2) is 6.65. The van der Waals surface area contributed by atoms with Gasteiger partial charge in [0, 0.05) is 44.6 Å². The molecule has 1 aliphatic rings. The number of oxazole rings is 1. The van der Waals surface area contributed by atoms with Crippen LogP contribution in [0.3, 0.4) is 0 Å². The summed E-state index contributed by atoms with van der Waals surface area (Å²) in [7, 11) is 0. The van der Waals surface area contributed by atoms with Crippen LogP contribution < -0.4 is 5.32 Å². The Morgan fingerprint density at radius 2 is 2.42 bits per heavy atom. The Bertz CT molecular complexity index is 477. The first kappa shape index (κ1) is 14.0. The van der Waals surface area contributed by atoms with Gasteiger partial charge in [0.05, 0.1) is 5.69 Å². The van der Waals surface area contributed by atoms with Crippen molar-refractivity contribution >= 4 is 12.4 Å². The van der Waals surface area contributed by atoms with Crippen molar-refractivity contribution in [2.45, 2.75) is 12.6 Å². The molecule has 1 N–H and O–H groups in total. The molecular weight excluding hydrogens is 264 g/mol. The largest absolute Gasteiger partial charge is 0.451 e. The van der Waals surface area contributed by atoms with E-state index < -0.39 is 0 Å². The molecule has 19 heavy (non-hydrogen) atoms. The smallest absolute Gasteiger partial charge is 0.180 e. The summed E-state index contributed by atoms with van der Waals surface area (Å²) in [5, 5.41) is 3.43. The number of rotatable bonds is 3. The van der Waals surface area contributed by atoms with Crippen LogP contribution in [0, 0.1) is 0 Å². The number of nitrogens with zero attached hydrogens (tertiary/aromatic N) is 3. The minimum Gasteiger partial charge on any atom is -0.451 e. The van der Waals surface area contributed by atoms with Crippen molar-refractivity contribution < 1.29 is 4.42 Å². The number of pyridine rings is 1. The molecule has 3 rings (SSSR count). The molecule has 1 unspecified atom stereocenters. The summed E-state index contributed by atoms with van der Waals surface area (Å²) >= 11 is 0. The number of piperazine rings is 1. The highest BCUT2D eigenvalue weighted by Crippen LogP contribution is 2.22. The SMILES string of the molecule is Cl.c1cncc(C2CNCCN2Cc2cocn2)c1. The summed E-state index contributed by atoms with van der Waals surface area (Å²) in [5.41, 5.74) is 2.22. The zero-order chi connectivity index (χ0) is 12.2. The third-order valence-corrected chi connectivity index (χ3v) is 3.27. The van der Waals surface area contributed by atoms with Crippen LogP contribution in [0.4, 0.5) is 0 Å². The molecule has 1 saturated heterocycles. The summed E-state index contributed by atoms with van der Waals surface area (Å²) in [5.74, 6) is 0. The predicted octanol–water partition coefficient (Wildman–Crippen LogP) is 1.64. The van der Waals surface area contributed by atoms with Crippen LogP contribution in [0.15, 0.2) is 41.6 Å². The van der Waals surface area contributed by atoms with Gasteiger partial charge < -0.3 is 9.73 Å². The number of hydrogen-bond acceptors (Lipinski definition) is 5. The molecule has 0 bridgehead atoms. The molecule has 0 aromatic carbocycles. The van der Waals surface area contributed by atoms with Crippen molar-refractivity contribution in [1.82, 2.24) is 20.2 Å². The standard InChI is InChI=1S/C13H16N4O.ClH/c1-2-11(6-14-3-1)13-7-15-4-5-17(13)8-12-9-18-10-16-12;/h1-3,6,9-10,13,15H,4-5,7-8H2;1H. The molecule has 1 atom stereocenters. The van der Waals surface area contributed by atoms with Gasteiger partial charge in [0.1, 0.15) is 6.26 Å². The maximum absolute atomic E-state index is 5.03. The topological polar surface area (TPSA) is 54.2 Å². The van der Waals surface area contributed by atoms with Gasteiger partial charge >= 0.3 is 0 Å². The lowest BCUT2D eigenvalue weighted by molar-refractivity contribution is 0.151. The second-order valence-corrected chi connectivity index (χ2v) is 4.46. The molecule has 0 spiro atoms. The van der Waals surface area contributed by atoms with E-state index in [4.69, 9.17) is 4.42 Å². The molecule has 3 heterocycles. The van der Waals surface area contributed by atoms with Crippen LogP contribution in [0.2, 0.25) is 0 Å². The quantitative estimate of drug-likeness (QED) is 0.926. The maximum atomic E-state index is 5.03. The van der Waals surface area contributed by atoms with Gasteiger partial charge in [-0.25, -0.2) is 4.98 Å². The Labute approximate surface area is 118 Å². The highest BCUT2D eigenvalue weighted by atomic mass is 35.5. The van der Waals surface area contributed by atoms with Crippen LogP contribution in [0.1, 0.15) is 17.3 Å². The highest BCUT2D eigenvalue weighted by molar-refractivity contribution is 5.85. The van der Waals surface area contributed by atoms with Crippen LogP contribution >= 0.6 is 12.4 Å². The zero-order valence-electron chi connectivity index (χ0n) is 10.5. The van der Waals surface area contributed by atoms with Crippen LogP contribution in [0.5, 0.6) is 0 Å². The molecule has 2 aromatic heterocycles. The van der Waals surface area contributed by atoms with Gasteiger partial charge in [-0.15, -0.1) is 12.4 Å². The highest BCUT2D eigenvalue weighted by Gasteiger charge is 2.24. The van der Waals surface area contributed by atoms with Crippen LogP contribution in [0.25, 0.3) is 0 Å². The van der Waals surface area contributed by atoms with Crippen molar-refractivity contribution in [3.63, 3.8) is 0 Å². The van der Waals surface area contributed by atoms with E-state index in [1.807, 2.05) is 18.5 Å². The molecule has 1 fully saturated rings. The molecule has 0 aliphatic carbocycles. The maximum Gasteiger partial charge on any atom is 0.180 e. The van der Waals surface area contributed by atoms with E-state index in [9.17, 15) is 0 Å². The average molecular weight is 281 g/mol. The van der Waals surface area contributed by atoms with Gasteiger partial charge in [-0.05, 0) is 11.6 Å². The van der Waals surface area contributed by atoms with Crippen molar-refractivity contribution in [3.8, 4) is 0 Å². The van der Waals surface area contributed by atoms with E-state index in [2.05, 4.69) is 26.3 Å². The summed E-state index contributed by atoms with van der Waals surface area (Å²) in [4.78, 5) is 10.8. The number of nitrogens with one attached hydrogen (secondary N) is 1. The Balaban J connectivity index is 0.00000133. The average Bonchev–Trinajstić information content (AvgIpc) is 2.93. The van der Waals surface area contributed by atoms with Gasteiger partial charge in [0.25, 0.3) is 0 Å². The van der Waals surface area contributed by atoms with E-state index in [0.29, 0.717) is 6.04 Å². The van der Waals surface area contributed by atoms with Gasteiger partial charge in [-0.3, -0.25) is 9.88 Å². The van der Waals surface area contributed by atoms with Crippen molar-refractivity contribution in [3.05, 3.63) is 48.4 Å². The van der Waals surface area contributed by atoms with Gasteiger partial charge in [-0.2, -0.15) is 0 Å². The third-order valence-electron chi connectivity index (χ3n) is 3.27.